The van der Waals surface area contributed by atoms with Gasteiger partial charge in [0.25, 0.3) is 0 Å². The largest absolute Gasteiger partial charge is 0.432 e. The lowest BCUT2D eigenvalue weighted by atomic mass is 10.2. The molecular weight excluding hydrogens is 168 g/mol. The molecule has 0 rings (SSSR count). The quantitative estimate of drug-likeness (QED) is 0.497. The summed E-state index contributed by atoms with van der Waals surface area (Å²) >= 11 is 0. The van der Waals surface area contributed by atoms with Gasteiger partial charge in [-0.25, -0.2) is 0 Å². The maximum absolute atomic E-state index is 9.52. The van der Waals surface area contributed by atoms with E-state index in [0.29, 0.717) is 0 Å². The van der Waals surface area contributed by atoms with E-state index >= 15 is 0 Å². The van der Waals surface area contributed by atoms with E-state index < -0.39 is 8.32 Å². The maximum Gasteiger partial charge on any atom is 0.182 e. The second-order valence-corrected chi connectivity index (χ2v) is 9.10. The van der Waals surface area contributed by atoms with E-state index in [2.05, 4.69) is 0 Å². The summed E-state index contributed by atoms with van der Waals surface area (Å²) in [7, 11) is -0.351. The summed E-state index contributed by atoms with van der Waals surface area (Å²) in [6, 6.07) is 2.54. The zero-order valence-corrected chi connectivity index (χ0v) is 11.2. The van der Waals surface area contributed by atoms with Crippen LogP contribution in [0.2, 0.25) is 25.2 Å². The van der Waals surface area contributed by atoms with Crippen molar-refractivity contribution in [3.8, 4) is 0 Å². The first-order valence-electron chi connectivity index (χ1n) is 4.78. The lowest BCUT2D eigenvalue weighted by Gasteiger charge is -2.12. The van der Waals surface area contributed by atoms with Gasteiger partial charge in [0.2, 0.25) is 0 Å². The van der Waals surface area contributed by atoms with E-state index in [0.717, 1.165) is 6.04 Å². The van der Waals surface area contributed by atoms with Crippen molar-refractivity contribution < 1.29 is 4.80 Å². The first-order chi connectivity index (χ1) is 5.06. The predicted molar refractivity (Wildman–Crippen MR) is 57.7 cm³/mol. The molecule has 0 fully saturated rings. The smallest absolute Gasteiger partial charge is 0.182 e. The number of unbranched alkanes of at least 4 members (excludes halogenated alkanes) is 3. The fourth-order valence-electron chi connectivity index (χ4n) is 1.16. The Morgan fingerprint density at radius 1 is 1.09 bits per heavy atom. The van der Waals surface area contributed by atoms with E-state index in [1.54, 1.807) is 0 Å². The van der Waals surface area contributed by atoms with Crippen LogP contribution in [0.4, 0.5) is 0 Å². The molecule has 0 aliphatic carbocycles. The third-order valence-corrected chi connectivity index (χ3v) is 4.18. The second-order valence-electron chi connectivity index (χ2n) is 3.98. The van der Waals surface area contributed by atoms with Gasteiger partial charge in [0.05, 0.1) is 0 Å². The van der Waals surface area contributed by atoms with Crippen molar-refractivity contribution in [2.75, 3.05) is 0 Å². The van der Waals surface area contributed by atoms with Gasteiger partial charge in [0.1, 0.15) is 0 Å². The molecule has 0 heterocycles. The van der Waals surface area contributed by atoms with Crippen LogP contribution in [0.1, 0.15) is 25.7 Å². The summed E-state index contributed by atoms with van der Waals surface area (Å²) in [5.41, 5.74) is 0. The van der Waals surface area contributed by atoms with Crippen molar-refractivity contribution in [2.24, 2.45) is 0 Å². The minimum absolute atomic E-state index is 1.09. The molecular formula is C8H22OSi2. The SMILES string of the molecule is C[Si](C)(O)CCCCCC[SiH3]. The molecule has 0 saturated heterocycles. The van der Waals surface area contributed by atoms with Crippen molar-refractivity contribution in [1.29, 1.82) is 0 Å². The third-order valence-electron chi connectivity index (χ3n) is 1.89. The molecule has 0 spiro atoms. The highest BCUT2D eigenvalue weighted by Gasteiger charge is 2.14. The normalized spacial score (nSPS) is 12.3. The summed E-state index contributed by atoms with van der Waals surface area (Å²) in [5, 5.41) is 0. The second kappa shape index (κ2) is 5.97. The first kappa shape index (κ1) is 11.4. The van der Waals surface area contributed by atoms with E-state index in [1.807, 2.05) is 13.1 Å². The summed E-state index contributed by atoms with van der Waals surface area (Å²) in [4.78, 5) is 9.52. The van der Waals surface area contributed by atoms with E-state index in [9.17, 15) is 4.80 Å². The number of hydrogen-bond donors (Lipinski definition) is 1. The van der Waals surface area contributed by atoms with Crippen LogP contribution in [0.3, 0.4) is 0 Å². The number of hydrogen-bond acceptors (Lipinski definition) is 1. The van der Waals surface area contributed by atoms with Gasteiger partial charge in [-0.3, -0.25) is 0 Å². The molecule has 1 N–H and O–H groups in total. The van der Waals surface area contributed by atoms with Crippen LogP contribution in [0, 0.1) is 0 Å². The van der Waals surface area contributed by atoms with Gasteiger partial charge < -0.3 is 4.80 Å². The van der Waals surface area contributed by atoms with Crippen LogP contribution in [0.15, 0.2) is 0 Å². The number of rotatable bonds is 6. The van der Waals surface area contributed by atoms with Gasteiger partial charge >= 0.3 is 0 Å². The molecule has 0 aliphatic heterocycles. The summed E-state index contributed by atoms with van der Waals surface area (Å²) < 4.78 is 0. The average Bonchev–Trinajstić information content (AvgIpc) is 1.85. The lowest BCUT2D eigenvalue weighted by Crippen LogP contribution is -2.23. The highest BCUT2D eigenvalue weighted by molar-refractivity contribution is 6.69. The topological polar surface area (TPSA) is 20.2 Å². The molecule has 0 unspecified atom stereocenters. The molecule has 0 aromatic heterocycles. The Balaban J connectivity index is 3.02. The van der Waals surface area contributed by atoms with Crippen molar-refractivity contribution in [3.63, 3.8) is 0 Å². The van der Waals surface area contributed by atoms with Crippen molar-refractivity contribution >= 4 is 18.6 Å². The first-order valence-corrected chi connectivity index (χ1v) is 9.35. The maximum atomic E-state index is 9.52. The Labute approximate surface area is 74.8 Å². The zero-order valence-electron chi connectivity index (χ0n) is 8.19. The molecule has 0 saturated carbocycles. The predicted octanol–water partition coefficient (Wildman–Crippen LogP) is 1.53. The van der Waals surface area contributed by atoms with Crippen LogP contribution in [-0.2, 0) is 0 Å². The van der Waals surface area contributed by atoms with E-state index in [-0.39, 0.29) is 0 Å². The summed E-state index contributed by atoms with van der Waals surface area (Å²) in [5.74, 6) is 0. The minimum Gasteiger partial charge on any atom is -0.432 e. The molecule has 0 amide bonds. The van der Waals surface area contributed by atoms with Gasteiger partial charge in [-0.2, -0.15) is 0 Å². The summed E-state index contributed by atoms with van der Waals surface area (Å²) in [6.45, 7) is 4.06. The third kappa shape index (κ3) is 10.4. The zero-order chi connectivity index (χ0) is 8.74. The van der Waals surface area contributed by atoms with Crippen molar-refractivity contribution in [1.82, 2.24) is 0 Å². The van der Waals surface area contributed by atoms with E-state index in [4.69, 9.17) is 0 Å². The monoisotopic (exact) mass is 190 g/mol. The Morgan fingerprint density at radius 3 is 2.09 bits per heavy atom. The standard InChI is InChI=1S/C8H22OSi2/c1-11(2,9)8-6-4-3-5-7-10/h9H,3-8H2,1-2,10H3. The highest BCUT2D eigenvalue weighted by atomic mass is 28.4. The molecule has 0 aliphatic rings. The van der Waals surface area contributed by atoms with Crippen molar-refractivity contribution in [3.05, 3.63) is 0 Å². The molecule has 1 nitrogen and oxygen atoms in total. The Kier molecular flexibility index (Phi) is 6.18. The van der Waals surface area contributed by atoms with Crippen LogP contribution in [0.25, 0.3) is 0 Å². The molecule has 0 bridgehead atoms. The van der Waals surface area contributed by atoms with Crippen LogP contribution >= 0.6 is 0 Å². The molecule has 0 aromatic rings. The fourth-order valence-corrected chi connectivity index (χ4v) is 2.78. The average molecular weight is 190 g/mol. The van der Waals surface area contributed by atoms with Crippen molar-refractivity contribution in [2.45, 2.75) is 50.9 Å². The summed E-state index contributed by atoms with van der Waals surface area (Å²) in [6.07, 6.45) is 5.38. The highest BCUT2D eigenvalue weighted by Crippen LogP contribution is 2.12. The molecule has 0 atom stereocenters. The van der Waals surface area contributed by atoms with Crippen LogP contribution in [0.5, 0.6) is 0 Å². The Morgan fingerprint density at radius 2 is 1.64 bits per heavy atom. The van der Waals surface area contributed by atoms with Gasteiger partial charge in [0, 0.05) is 10.2 Å². The lowest BCUT2D eigenvalue weighted by molar-refractivity contribution is 0.539. The molecule has 0 radical (unpaired) electrons. The van der Waals surface area contributed by atoms with Crippen LogP contribution < -0.4 is 0 Å². The van der Waals surface area contributed by atoms with Crippen LogP contribution in [-0.4, -0.2) is 23.4 Å². The molecule has 0 aromatic carbocycles. The molecule has 11 heavy (non-hydrogen) atoms. The Hall–Kier alpha value is 0.394. The Bertz CT molecular complexity index is 88.6. The van der Waals surface area contributed by atoms with Gasteiger partial charge in [-0.1, -0.05) is 31.7 Å². The molecule has 68 valence electrons. The van der Waals surface area contributed by atoms with E-state index in [1.165, 1.54) is 42.0 Å². The fraction of sp³-hybridized carbons (Fsp3) is 1.00. The minimum atomic E-state index is -1.71. The van der Waals surface area contributed by atoms with Gasteiger partial charge in [0.15, 0.2) is 8.32 Å². The molecule has 3 heteroatoms. The van der Waals surface area contributed by atoms with Gasteiger partial charge in [-0.05, 0) is 19.1 Å². The van der Waals surface area contributed by atoms with Gasteiger partial charge in [-0.15, -0.1) is 0 Å².